The van der Waals surface area contributed by atoms with E-state index < -0.39 is 0 Å². The zero-order valence-corrected chi connectivity index (χ0v) is 13.9. The van der Waals surface area contributed by atoms with Crippen LogP contribution in [0.5, 0.6) is 0 Å². The minimum Gasteiger partial charge on any atom is -0.363 e. The molecule has 1 unspecified atom stereocenters. The smallest absolute Gasteiger partial charge is 0.227 e. The first-order valence-corrected chi connectivity index (χ1v) is 7.69. The van der Waals surface area contributed by atoms with Crippen LogP contribution in [0.4, 0.5) is 11.8 Å². The maximum Gasteiger partial charge on any atom is 0.227 e. The van der Waals surface area contributed by atoms with Gasteiger partial charge in [-0.15, -0.1) is 10.2 Å². The Bertz CT molecular complexity index is 662. The van der Waals surface area contributed by atoms with Gasteiger partial charge in [0.05, 0.1) is 6.04 Å². The first-order valence-electron chi connectivity index (χ1n) is 7.69. The lowest BCUT2D eigenvalue weighted by Gasteiger charge is -2.34. The van der Waals surface area contributed by atoms with Crippen molar-refractivity contribution in [2.75, 3.05) is 30.4 Å². The molecule has 3 heterocycles. The Morgan fingerprint density at radius 3 is 2.68 bits per heavy atom. The van der Waals surface area contributed by atoms with Gasteiger partial charge in [0.2, 0.25) is 5.95 Å². The maximum absolute atomic E-state index is 4.64. The van der Waals surface area contributed by atoms with Crippen LogP contribution < -0.4 is 9.80 Å². The normalized spacial score (nSPS) is 17.7. The van der Waals surface area contributed by atoms with Gasteiger partial charge in [0.25, 0.3) is 0 Å². The summed E-state index contributed by atoms with van der Waals surface area (Å²) >= 11 is 0. The van der Waals surface area contributed by atoms with Crippen molar-refractivity contribution >= 4 is 11.8 Å². The van der Waals surface area contributed by atoms with Gasteiger partial charge in [0, 0.05) is 39.3 Å². The van der Waals surface area contributed by atoms with Crippen molar-refractivity contribution in [2.45, 2.75) is 39.3 Å². The van der Waals surface area contributed by atoms with Crippen molar-refractivity contribution < 1.29 is 0 Å². The molecule has 7 nitrogen and oxygen atoms in total. The quantitative estimate of drug-likeness (QED) is 0.862. The molecular formula is C15H23N7. The Labute approximate surface area is 131 Å². The van der Waals surface area contributed by atoms with E-state index in [0.29, 0.717) is 5.92 Å². The lowest BCUT2D eigenvalue weighted by molar-refractivity contribution is 0.473. The summed E-state index contributed by atoms with van der Waals surface area (Å²) in [6.45, 7) is 8.17. The second-order valence-corrected chi connectivity index (χ2v) is 6.20. The molecule has 0 saturated carbocycles. The zero-order valence-electron chi connectivity index (χ0n) is 13.9. The van der Waals surface area contributed by atoms with Crippen LogP contribution in [0.2, 0.25) is 0 Å². The monoisotopic (exact) mass is 301 g/mol. The van der Waals surface area contributed by atoms with Crippen LogP contribution in [0.1, 0.15) is 44.4 Å². The van der Waals surface area contributed by atoms with Crippen LogP contribution in [0.25, 0.3) is 0 Å². The Morgan fingerprint density at radius 1 is 1.23 bits per heavy atom. The Hall–Kier alpha value is -2.18. The summed E-state index contributed by atoms with van der Waals surface area (Å²) in [4.78, 5) is 13.3. The summed E-state index contributed by atoms with van der Waals surface area (Å²) in [5, 5.41) is 8.76. The van der Waals surface area contributed by atoms with Crippen molar-refractivity contribution in [3.63, 3.8) is 0 Å². The van der Waals surface area contributed by atoms with Gasteiger partial charge in [-0.1, -0.05) is 13.8 Å². The zero-order chi connectivity index (χ0) is 15.9. The molecule has 1 aliphatic rings. The summed E-state index contributed by atoms with van der Waals surface area (Å²) in [5.41, 5.74) is 0. The van der Waals surface area contributed by atoms with Crippen molar-refractivity contribution in [1.82, 2.24) is 24.7 Å². The molecule has 0 radical (unpaired) electrons. The van der Waals surface area contributed by atoms with Gasteiger partial charge in [-0.3, -0.25) is 0 Å². The number of rotatable bonds is 3. The third-order valence-corrected chi connectivity index (χ3v) is 4.07. The number of hydrogen-bond acceptors (Lipinski definition) is 6. The first-order chi connectivity index (χ1) is 10.5. The van der Waals surface area contributed by atoms with Gasteiger partial charge in [0.15, 0.2) is 5.82 Å². The maximum atomic E-state index is 4.64. The van der Waals surface area contributed by atoms with Gasteiger partial charge in [-0.25, -0.2) is 4.98 Å². The molecule has 118 valence electrons. The SMILES string of the molecule is CC(C)c1nnc2n1CCN(c1nccc(N(C)C)n1)C2C. The molecule has 22 heavy (non-hydrogen) atoms. The number of fused-ring (bicyclic) bond motifs is 1. The molecule has 0 saturated heterocycles. The van der Waals surface area contributed by atoms with Gasteiger partial charge >= 0.3 is 0 Å². The van der Waals surface area contributed by atoms with Gasteiger partial charge < -0.3 is 14.4 Å². The highest BCUT2D eigenvalue weighted by molar-refractivity contribution is 5.44. The van der Waals surface area contributed by atoms with E-state index in [1.807, 2.05) is 31.3 Å². The largest absolute Gasteiger partial charge is 0.363 e. The second-order valence-electron chi connectivity index (χ2n) is 6.20. The average molecular weight is 301 g/mol. The van der Waals surface area contributed by atoms with Crippen molar-refractivity contribution in [3.8, 4) is 0 Å². The highest BCUT2D eigenvalue weighted by Gasteiger charge is 2.30. The van der Waals surface area contributed by atoms with Crippen LogP contribution in [0.15, 0.2) is 12.3 Å². The molecule has 1 aliphatic heterocycles. The van der Waals surface area contributed by atoms with Crippen LogP contribution in [-0.2, 0) is 6.54 Å². The van der Waals surface area contributed by atoms with Crippen molar-refractivity contribution in [2.24, 2.45) is 0 Å². The van der Waals surface area contributed by atoms with E-state index in [4.69, 9.17) is 0 Å². The highest BCUT2D eigenvalue weighted by Crippen LogP contribution is 2.29. The number of hydrogen-bond donors (Lipinski definition) is 0. The van der Waals surface area contributed by atoms with Crippen LogP contribution >= 0.6 is 0 Å². The molecular weight excluding hydrogens is 278 g/mol. The Balaban J connectivity index is 1.93. The molecule has 3 rings (SSSR count). The molecule has 0 amide bonds. The van der Waals surface area contributed by atoms with E-state index in [2.05, 4.69) is 50.4 Å². The van der Waals surface area contributed by atoms with Crippen molar-refractivity contribution in [3.05, 3.63) is 23.9 Å². The van der Waals surface area contributed by atoms with E-state index >= 15 is 0 Å². The van der Waals surface area contributed by atoms with Gasteiger partial charge in [-0.2, -0.15) is 4.98 Å². The molecule has 0 aliphatic carbocycles. The molecule has 7 heteroatoms. The molecule has 2 aromatic rings. The number of nitrogens with zero attached hydrogens (tertiary/aromatic N) is 7. The summed E-state index contributed by atoms with van der Waals surface area (Å²) < 4.78 is 2.24. The predicted octanol–water partition coefficient (Wildman–Crippen LogP) is 1.84. The standard InChI is InChI=1S/C15H23N7/c1-10(2)13-18-19-14-11(3)21(8-9-22(13)14)15-16-7-6-12(17-15)20(4)5/h6-7,10-11H,8-9H2,1-5H3. The van der Waals surface area contributed by atoms with E-state index in [0.717, 1.165) is 36.5 Å². The van der Waals surface area contributed by atoms with E-state index in [1.54, 1.807) is 0 Å². The molecule has 0 spiro atoms. The summed E-state index contributed by atoms with van der Waals surface area (Å²) in [5.74, 6) is 4.10. The minimum absolute atomic E-state index is 0.117. The minimum atomic E-state index is 0.117. The van der Waals surface area contributed by atoms with Gasteiger partial charge in [0.1, 0.15) is 11.6 Å². The molecule has 1 atom stereocenters. The molecule has 0 N–H and O–H groups in total. The molecule has 0 fully saturated rings. The predicted molar refractivity (Wildman–Crippen MR) is 86.2 cm³/mol. The average Bonchev–Trinajstić information content (AvgIpc) is 2.93. The fourth-order valence-corrected chi connectivity index (χ4v) is 2.83. The van der Waals surface area contributed by atoms with Crippen LogP contribution in [-0.4, -0.2) is 45.4 Å². The first kappa shape index (κ1) is 14.7. The number of aromatic nitrogens is 5. The number of anilines is 2. The lowest BCUT2D eigenvalue weighted by atomic mass is 10.1. The Kier molecular flexibility index (Phi) is 3.72. The molecule has 0 aromatic carbocycles. The fourth-order valence-electron chi connectivity index (χ4n) is 2.83. The van der Waals surface area contributed by atoms with E-state index in [1.165, 1.54) is 0 Å². The van der Waals surface area contributed by atoms with E-state index in [9.17, 15) is 0 Å². The van der Waals surface area contributed by atoms with Gasteiger partial charge in [-0.05, 0) is 13.0 Å². The summed E-state index contributed by atoms with van der Waals surface area (Å²) in [6, 6.07) is 2.03. The lowest BCUT2D eigenvalue weighted by Crippen LogP contribution is -2.38. The van der Waals surface area contributed by atoms with Crippen molar-refractivity contribution in [1.29, 1.82) is 0 Å². The summed E-state index contributed by atoms with van der Waals surface area (Å²) in [7, 11) is 3.97. The summed E-state index contributed by atoms with van der Waals surface area (Å²) in [6.07, 6.45) is 1.81. The fraction of sp³-hybridized carbons (Fsp3) is 0.600. The third kappa shape index (κ3) is 2.40. The molecule has 0 bridgehead atoms. The topological polar surface area (TPSA) is 63.0 Å². The molecule has 2 aromatic heterocycles. The Morgan fingerprint density at radius 2 is 2.00 bits per heavy atom. The van der Waals surface area contributed by atoms with Crippen LogP contribution in [0.3, 0.4) is 0 Å². The van der Waals surface area contributed by atoms with E-state index in [-0.39, 0.29) is 6.04 Å². The highest BCUT2D eigenvalue weighted by atomic mass is 15.4. The second kappa shape index (κ2) is 5.55. The third-order valence-electron chi connectivity index (χ3n) is 4.07. The van der Waals surface area contributed by atoms with Crippen LogP contribution in [0, 0.1) is 0 Å².